The van der Waals surface area contributed by atoms with Gasteiger partial charge in [0.2, 0.25) is 0 Å². The molecule has 1 saturated heterocycles. The Labute approximate surface area is 273 Å². The zero-order chi connectivity index (χ0) is 34.7. The molecular formula is C35H42O12. The Morgan fingerprint density at radius 3 is 2.21 bits per heavy atom. The Bertz CT molecular complexity index is 1540. The summed E-state index contributed by atoms with van der Waals surface area (Å²) < 4.78 is 29.6. The van der Waals surface area contributed by atoms with Crippen molar-refractivity contribution in [3.05, 3.63) is 59.2 Å². The fraction of sp³-hybridized carbons (Fsp3) is 0.571. The zero-order valence-electron chi connectivity index (χ0n) is 27.6. The zero-order valence-corrected chi connectivity index (χ0v) is 27.6. The van der Waals surface area contributed by atoms with Crippen LogP contribution < -0.4 is 0 Å². The van der Waals surface area contributed by atoms with Crippen molar-refractivity contribution in [1.82, 2.24) is 0 Å². The highest BCUT2D eigenvalue weighted by Crippen LogP contribution is 2.64. The average molecular weight is 655 g/mol. The Morgan fingerprint density at radius 2 is 1.66 bits per heavy atom. The van der Waals surface area contributed by atoms with Crippen LogP contribution >= 0.6 is 0 Å². The number of ketones is 1. The van der Waals surface area contributed by atoms with Gasteiger partial charge in [-0.15, -0.1) is 0 Å². The maximum Gasteiger partial charge on any atom is 0.338 e. The molecule has 5 rings (SSSR count). The normalized spacial score (nSPS) is 37.3. The second kappa shape index (κ2) is 12.0. The number of aliphatic hydroxyl groups is 2. The predicted octanol–water partition coefficient (Wildman–Crippen LogP) is 2.78. The molecule has 4 aliphatic rings. The molecule has 2 bridgehead atoms. The van der Waals surface area contributed by atoms with Crippen molar-refractivity contribution in [3.63, 3.8) is 0 Å². The van der Waals surface area contributed by atoms with Gasteiger partial charge in [-0.3, -0.25) is 14.4 Å². The molecule has 254 valence electrons. The van der Waals surface area contributed by atoms with Gasteiger partial charge in [-0.05, 0) is 44.1 Å². The number of allylic oxidation sites excluding steroid dienone is 1. The van der Waals surface area contributed by atoms with Crippen LogP contribution in [0.2, 0.25) is 0 Å². The number of carbonyl (C=O) groups excluding carboxylic acids is 5. The molecule has 1 aromatic carbocycles. The number of ether oxygens (including phenoxy) is 5. The first kappa shape index (κ1) is 34.5. The Morgan fingerprint density at radius 1 is 1.00 bits per heavy atom. The summed E-state index contributed by atoms with van der Waals surface area (Å²) in [5, 5.41) is 25.1. The van der Waals surface area contributed by atoms with Gasteiger partial charge in [0.05, 0.1) is 29.6 Å². The number of fused-ring (bicyclic) bond motifs is 5. The van der Waals surface area contributed by atoms with Crippen LogP contribution in [0.5, 0.6) is 0 Å². The maximum absolute atomic E-state index is 15.1. The molecule has 0 radical (unpaired) electrons. The molecule has 1 aliphatic heterocycles. The van der Waals surface area contributed by atoms with E-state index in [1.54, 1.807) is 45.9 Å². The van der Waals surface area contributed by atoms with Gasteiger partial charge in [-0.25, -0.2) is 9.59 Å². The van der Waals surface area contributed by atoms with Crippen LogP contribution in [0.1, 0.15) is 71.7 Å². The number of aliphatic hydroxyl groups excluding tert-OH is 1. The van der Waals surface area contributed by atoms with Crippen molar-refractivity contribution in [2.24, 2.45) is 16.7 Å². The van der Waals surface area contributed by atoms with Crippen LogP contribution in [-0.2, 0) is 42.9 Å². The molecule has 0 spiro atoms. The molecule has 1 heterocycles. The second-order valence-electron chi connectivity index (χ2n) is 13.7. The lowest BCUT2D eigenvalue weighted by Gasteiger charge is -2.67. The van der Waals surface area contributed by atoms with E-state index in [0.29, 0.717) is 5.57 Å². The largest absolute Gasteiger partial charge is 0.455 e. The quantitative estimate of drug-likeness (QED) is 0.199. The van der Waals surface area contributed by atoms with Crippen molar-refractivity contribution in [2.75, 3.05) is 6.61 Å². The van der Waals surface area contributed by atoms with E-state index >= 15 is 4.79 Å². The smallest absolute Gasteiger partial charge is 0.338 e. The van der Waals surface area contributed by atoms with Crippen molar-refractivity contribution in [1.29, 1.82) is 0 Å². The van der Waals surface area contributed by atoms with Crippen molar-refractivity contribution >= 4 is 29.7 Å². The summed E-state index contributed by atoms with van der Waals surface area (Å²) in [6.07, 6.45) is -4.66. The van der Waals surface area contributed by atoms with Crippen LogP contribution in [0, 0.1) is 16.7 Å². The van der Waals surface area contributed by atoms with E-state index < -0.39 is 88.1 Å². The number of hydrogen-bond donors (Lipinski definition) is 2. The molecule has 1 aromatic rings. The molecule has 0 amide bonds. The Hall–Kier alpha value is -3.87. The molecule has 3 aliphatic carbocycles. The summed E-state index contributed by atoms with van der Waals surface area (Å²) >= 11 is 0. The van der Waals surface area contributed by atoms with Gasteiger partial charge >= 0.3 is 23.9 Å². The number of esters is 4. The van der Waals surface area contributed by atoms with E-state index in [9.17, 15) is 29.4 Å². The minimum atomic E-state index is -2.18. The lowest BCUT2D eigenvalue weighted by molar-refractivity contribution is -0.346. The summed E-state index contributed by atoms with van der Waals surface area (Å²) in [4.78, 5) is 67.2. The van der Waals surface area contributed by atoms with E-state index in [4.69, 9.17) is 23.7 Å². The molecule has 0 aromatic heterocycles. The fourth-order valence-corrected chi connectivity index (χ4v) is 8.33. The first-order chi connectivity index (χ1) is 22.0. The molecule has 2 saturated carbocycles. The van der Waals surface area contributed by atoms with Crippen molar-refractivity contribution < 1.29 is 57.9 Å². The minimum absolute atomic E-state index is 0.137. The molecule has 12 nitrogen and oxygen atoms in total. The molecule has 9 atom stereocenters. The van der Waals surface area contributed by atoms with E-state index in [1.807, 2.05) is 0 Å². The fourth-order valence-electron chi connectivity index (χ4n) is 8.33. The third kappa shape index (κ3) is 5.21. The van der Waals surface area contributed by atoms with Gasteiger partial charge in [0.15, 0.2) is 17.5 Å². The molecule has 3 fully saturated rings. The molecule has 0 unspecified atom stereocenters. The lowest BCUT2D eigenvalue weighted by Crippen LogP contribution is -2.82. The third-order valence-corrected chi connectivity index (χ3v) is 10.7. The van der Waals surface area contributed by atoms with Crippen molar-refractivity contribution in [2.45, 2.75) is 103 Å². The minimum Gasteiger partial charge on any atom is -0.455 e. The number of rotatable bonds is 6. The SMILES string of the molecule is C/C=C/C(=O)O[C@H]1C[C@@]2(O)[C@@H](OC(=O)c3ccccc3)[C@@H]3[C@]4(OC(C)=O)CO[C@@H]4C[C@H](O)[C@@]3(C)C(=O)[C@H](OC(C)=O)C(=C1C)C2(C)C. The standard InChI is InChI=1S/C35H42O12/c1-8-12-25(39)45-22-16-35(42)30(46-31(41)21-13-10-9-11-14-21)28-33(7,23(38)15-24-34(28,17-43-24)47-20(4)37)29(40)27(44-19(3)36)26(18(22)2)32(35,5)6/h8-14,22-24,27-28,30,38,42H,15-17H2,1-7H3/b12-8+/t22-,23-,24+,27+,28-,30-,33+,34-,35+/m0/s1. The monoisotopic (exact) mass is 654 g/mol. The Balaban J connectivity index is 1.85. The highest BCUT2D eigenvalue weighted by Gasteiger charge is 2.78. The van der Waals surface area contributed by atoms with Crippen LogP contribution in [-0.4, -0.2) is 88.2 Å². The first-order valence-electron chi connectivity index (χ1n) is 15.7. The van der Waals surface area contributed by atoms with E-state index in [2.05, 4.69) is 0 Å². The summed E-state index contributed by atoms with van der Waals surface area (Å²) in [7, 11) is 0. The van der Waals surface area contributed by atoms with Gasteiger partial charge in [-0.2, -0.15) is 0 Å². The van der Waals surface area contributed by atoms with Gasteiger partial charge in [-0.1, -0.05) is 38.1 Å². The predicted molar refractivity (Wildman–Crippen MR) is 163 cm³/mol. The second-order valence-corrected chi connectivity index (χ2v) is 13.7. The van der Waals surface area contributed by atoms with Crippen LogP contribution in [0.4, 0.5) is 0 Å². The number of hydrogen-bond acceptors (Lipinski definition) is 12. The van der Waals surface area contributed by atoms with E-state index in [1.165, 1.54) is 38.1 Å². The molecular weight excluding hydrogens is 612 g/mol. The average Bonchev–Trinajstić information content (AvgIpc) is 2.99. The van der Waals surface area contributed by atoms with Gasteiger partial charge in [0, 0.05) is 38.2 Å². The van der Waals surface area contributed by atoms with Crippen LogP contribution in [0.3, 0.4) is 0 Å². The van der Waals surface area contributed by atoms with Gasteiger partial charge in [0.1, 0.15) is 23.9 Å². The number of Topliss-reactive ketones (excluding diaryl/α,β-unsaturated/α-hetero) is 1. The highest BCUT2D eigenvalue weighted by atomic mass is 16.6. The molecule has 12 heteroatoms. The van der Waals surface area contributed by atoms with Crippen LogP contribution in [0.15, 0.2) is 53.6 Å². The lowest BCUT2D eigenvalue weighted by atomic mass is 9.44. The number of benzene rings is 1. The van der Waals surface area contributed by atoms with Crippen LogP contribution in [0.25, 0.3) is 0 Å². The topological polar surface area (TPSA) is 172 Å². The Kier molecular flexibility index (Phi) is 8.78. The van der Waals surface area contributed by atoms with E-state index in [0.717, 1.165) is 6.92 Å². The first-order valence-corrected chi connectivity index (χ1v) is 15.7. The molecule has 47 heavy (non-hydrogen) atoms. The highest BCUT2D eigenvalue weighted by molar-refractivity contribution is 5.95. The summed E-state index contributed by atoms with van der Waals surface area (Å²) in [5.41, 5.74) is -6.61. The summed E-state index contributed by atoms with van der Waals surface area (Å²) in [5.74, 6) is -5.29. The van der Waals surface area contributed by atoms with Crippen molar-refractivity contribution in [3.8, 4) is 0 Å². The maximum atomic E-state index is 15.1. The van der Waals surface area contributed by atoms with Gasteiger partial charge < -0.3 is 33.9 Å². The van der Waals surface area contributed by atoms with Gasteiger partial charge in [0.25, 0.3) is 0 Å². The number of carbonyl (C=O) groups is 5. The molecule has 2 N–H and O–H groups in total. The third-order valence-electron chi connectivity index (χ3n) is 10.7. The summed E-state index contributed by atoms with van der Waals surface area (Å²) in [6, 6.07) is 8.01. The van der Waals surface area contributed by atoms with E-state index in [-0.39, 0.29) is 30.6 Å². The summed E-state index contributed by atoms with van der Waals surface area (Å²) in [6.45, 7) is 10.0.